The minimum atomic E-state index is -3.46. The molecule has 0 radical (unpaired) electrons. The van der Waals surface area contributed by atoms with Gasteiger partial charge in [0, 0.05) is 17.6 Å². The number of nitrogens with one attached hydrogen (secondary N) is 2. The second-order valence-electron chi connectivity index (χ2n) is 5.25. The van der Waals surface area contributed by atoms with Crippen molar-refractivity contribution in [2.75, 3.05) is 25.4 Å². The van der Waals surface area contributed by atoms with Crippen LogP contribution in [0.15, 0.2) is 40.4 Å². The van der Waals surface area contributed by atoms with Crippen LogP contribution in [0.3, 0.4) is 0 Å². The SMILES string of the molecule is Cl.O=C(CS(=O)(=O)Cc1ccc(Br)cc1)NCC1=CCNCC1. The van der Waals surface area contributed by atoms with Crippen LogP contribution in [0.25, 0.3) is 0 Å². The first kappa shape index (κ1) is 20.2. The Labute approximate surface area is 151 Å². The van der Waals surface area contributed by atoms with Crippen molar-refractivity contribution in [2.45, 2.75) is 12.2 Å². The first-order valence-corrected chi connectivity index (χ1v) is 9.66. The van der Waals surface area contributed by atoms with Crippen molar-refractivity contribution in [3.8, 4) is 0 Å². The number of carbonyl (C=O) groups is 1. The van der Waals surface area contributed by atoms with E-state index >= 15 is 0 Å². The van der Waals surface area contributed by atoms with Gasteiger partial charge in [-0.1, -0.05) is 39.7 Å². The van der Waals surface area contributed by atoms with Crippen LogP contribution in [0.2, 0.25) is 0 Å². The lowest BCUT2D eigenvalue weighted by atomic mass is 10.1. The average Bonchev–Trinajstić information content (AvgIpc) is 2.48. The van der Waals surface area contributed by atoms with Crippen LogP contribution in [0.5, 0.6) is 0 Å². The largest absolute Gasteiger partial charge is 0.351 e. The third kappa shape index (κ3) is 7.48. The fraction of sp³-hybridized carbons (Fsp3) is 0.400. The molecule has 0 unspecified atom stereocenters. The van der Waals surface area contributed by atoms with Crippen LogP contribution in [-0.4, -0.2) is 39.7 Å². The molecule has 0 fully saturated rings. The van der Waals surface area contributed by atoms with Crippen LogP contribution < -0.4 is 10.6 Å². The lowest BCUT2D eigenvalue weighted by Gasteiger charge is -2.14. The smallest absolute Gasteiger partial charge is 0.235 e. The summed E-state index contributed by atoms with van der Waals surface area (Å²) in [6.07, 6.45) is 2.91. The predicted molar refractivity (Wildman–Crippen MR) is 97.5 cm³/mol. The van der Waals surface area contributed by atoms with E-state index in [9.17, 15) is 13.2 Å². The molecule has 128 valence electrons. The number of amides is 1. The van der Waals surface area contributed by atoms with Crippen molar-refractivity contribution in [2.24, 2.45) is 0 Å². The highest BCUT2D eigenvalue weighted by atomic mass is 79.9. The van der Waals surface area contributed by atoms with E-state index < -0.39 is 21.5 Å². The third-order valence-electron chi connectivity index (χ3n) is 3.32. The normalized spacial score (nSPS) is 14.6. The topological polar surface area (TPSA) is 75.3 Å². The molecule has 1 aliphatic rings. The molecule has 1 aliphatic heterocycles. The van der Waals surface area contributed by atoms with Crippen molar-refractivity contribution >= 4 is 44.1 Å². The highest BCUT2D eigenvalue weighted by Crippen LogP contribution is 2.13. The molecular weight excluding hydrogens is 404 g/mol. The molecule has 8 heteroatoms. The maximum atomic E-state index is 12.0. The molecule has 0 aliphatic carbocycles. The first-order valence-electron chi connectivity index (χ1n) is 7.05. The summed E-state index contributed by atoms with van der Waals surface area (Å²) in [5.74, 6) is -1.05. The Morgan fingerprint density at radius 3 is 2.57 bits per heavy atom. The second-order valence-corrected chi connectivity index (χ2v) is 8.23. The molecule has 1 amide bonds. The van der Waals surface area contributed by atoms with Gasteiger partial charge >= 0.3 is 0 Å². The third-order valence-corrected chi connectivity index (χ3v) is 5.33. The van der Waals surface area contributed by atoms with Crippen LogP contribution in [-0.2, 0) is 20.4 Å². The Morgan fingerprint density at radius 1 is 1.26 bits per heavy atom. The van der Waals surface area contributed by atoms with Crippen molar-refractivity contribution in [3.05, 3.63) is 46.0 Å². The Bertz CT molecular complexity index is 660. The molecule has 0 saturated heterocycles. The molecule has 23 heavy (non-hydrogen) atoms. The minimum absolute atomic E-state index is 0. The van der Waals surface area contributed by atoms with Crippen molar-refractivity contribution < 1.29 is 13.2 Å². The van der Waals surface area contributed by atoms with Crippen LogP contribution >= 0.6 is 28.3 Å². The number of sulfone groups is 1. The fourth-order valence-electron chi connectivity index (χ4n) is 2.18. The Morgan fingerprint density at radius 2 is 1.96 bits per heavy atom. The van der Waals surface area contributed by atoms with E-state index in [1.54, 1.807) is 24.3 Å². The van der Waals surface area contributed by atoms with E-state index in [0.717, 1.165) is 29.6 Å². The molecule has 2 N–H and O–H groups in total. The molecule has 0 bridgehead atoms. The second kappa shape index (κ2) is 9.42. The van der Waals surface area contributed by atoms with Crippen LogP contribution in [0.4, 0.5) is 0 Å². The van der Waals surface area contributed by atoms with Crippen LogP contribution in [0, 0.1) is 0 Å². The molecular formula is C15H20BrClN2O3S. The quantitative estimate of drug-likeness (QED) is 0.685. The molecule has 1 aromatic rings. The van der Waals surface area contributed by atoms with Gasteiger partial charge in [-0.2, -0.15) is 0 Å². The molecule has 1 heterocycles. The number of hydrogen-bond acceptors (Lipinski definition) is 4. The number of benzene rings is 1. The van der Waals surface area contributed by atoms with Crippen molar-refractivity contribution in [1.82, 2.24) is 10.6 Å². The van der Waals surface area contributed by atoms with Gasteiger partial charge in [-0.3, -0.25) is 4.79 Å². The first-order chi connectivity index (χ1) is 10.4. The van der Waals surface area contributed by atoms with Crippen molar-refractivity contribution in [1.29, 1.82) is 0 Å². The zero-order valence-corrected chi connectivity index (χ0v) is 15.8. The summed E-state index contributed by atoms with van der Waals surface area (Å²) in [5.41, 5.74) is 1.81. The van der Waals surface area contributed by atoms with Gasteiger partial charge < -0.3 is 10.6 Å². The predicted octanol–water partition coefficient (Wildman–Crippen LogP) is 1.82. The maximum absolute atomic E-state index is 12.0. The number of carbonyl (C=O) groups excluding carboxylic acids is 1. The number of rotatable bonds is 6. The zero-order chi connectivity index (χ0) is 16.0. The molecule has 0 atom stereocenters. The lowest BCUT2D eigenvalue weighted by Crippen LogP contribution is -2.33. The number of halogens is 2. The van der Waals surface area contributed by atoms with Gasteiger partial charge in [0.25, 0.3) is 0 Å². The van der Waals surface area contributed by atoms with Gasteiger partial charge in [-0.15, -0.1) is 12.4 Å². The Hall–Kier alpha value is -0.890. The molecule has 0 spiro atoms. The number of hydrogen-bond donors (Lipinski definition) is 2. The summed E-state index contributed by atoms with van der Waals surface area (Å²) in [5, 5.41) is 5.87. The summed E-state index contributed by atoms with van der Waals surface area (Å²) in [6.45, 7) is 2.12. The molecule has 2 rings (SSSR count). The zero-order valence-electron chi connectivity index (χ0n) is 12.5. The molecule has 1 aromatic carbocycles. The average molecular weight is 424 g/mol. The fourth-order valence-corrected chi connectivity index (χ4v) is 3.75. The van der Waals surface area contributed by atoms with Gasteiger partial charge in [0.05, 0.1) is 5.75 Å². The van der Waals surface area contributed by atoms with Gasteiger partial charge in [-0.05, 0) is 30.7 Å². The maximum Gasteiger partial charge on any atom is 0.235 e. The van der Waals surface area contributed by atoms with Crippen molar-refractivity contribution in [3.63, 3.8) is 0 Å². The summed E-state index contributed by atoms with van der Waals surface area (Å²) in [4.78, 5) is 11.8. The molecule has 0 aromatic heterocycles. The van der Waals surface area contributed by atoms with Gasteiger partial charge in [0.2, 0.25) is 5.91 Å². The minimum Gasteiger partial charge on any atom is -0.351 e. The molecule has 5 nitrogen and oxygen atoms in total. The summed E-state index contributed by atoms with van der Waals surface area (Å²) < 4.78 is 25.0. The van der Waals surface area contributed by atoms with E-state index in [1.165, 1.54) is 0 Å². The van der Waals surface area contributed by atoms with E-state index in [-0.39, 0.29) is 18.2 Å². The van der Waals surface area contributed by atoms with Gasteiger partial charge in [-0.25, -0.2) is 8.42 Å². The monoisotopic (exact) mass is 422 g/mol. The summed E-state index contributed by atoms with van der Waals surface area (Å²) in [7, 11) is -3.46. The highest BCUT2D eigenvalue weighted by Gasteiger charge is 2.17. The summed E-state index contributed by atoms with van der Waals surface area (Å²) >= 11 is 3.30. The van der Waals surface area contributed by atoms with E-state index in [4.69, 9.17) is 0 Å². The Kier molecular flexibility index (Phi) is 8.25. The lowest BCUT2D eigenvalue weighted by molar-refractivity contribution is -0.118. The van der Waals surface area contributed by atoms with Gasteiger partial charge in [0.15, 0.2) is 9.84 Å². The molecule has 0 saturated carbocycles. The summed E-state index contributed by atoms with van der Waals surface area (Å²) in [6, 6.07) is 7.04. The van der Waals surface area contributed by atoms with Gasteiger partial charge in [0.1, 0.15) is 5.75 Å². The van der Waals surface area contributed by atoms with Crippen LogP contribution in [0.1, 0.15) is 12.0 Å². The van der Waals surface area contributed by atoms with E-state index in [0.29, 0.717) is 12.1 Å². The highest BCUT2D eigenvalue weighted by molar-refractivity contribution is 9.10. The Balaban J connectivity index is 0.00000264. The standard InChI is InChI=1S/C15H19BrN2O3S.ClH/c16-14-3-1-13(2-4-14)10-22(20,21)11-15(19)18-9-12-5-7-17-8-6-12;/h1-5,17H,6-11H2,(H,18,19);1H. The van der Waals surface area contributed by atoms with E-state index in [1.807, 2.05) is 6.08 Å². The van der Waals surface area contributed by atoms with E-state index in [2.05, 4.69) is 26.6 Å².